The third kappa shape index (κ3) is 3.38. The molecule has 3 aromatic rings. The predicted molar refractivity (Wildman–Crippen MR) is 107 cm³/mol. The van der Waals surface area contributed by atoms with Crippen LogP contribution in [0.1, 0.15) is 35.2 Å². The van der Waals surface area contributed by atoms with E-state index in [1.807, 2.05) is 24.3 Å². The molecule has 0 saturated heterocycles. The fraction of sp³-hybridized carbons (Fsp3) is 0.217. The van der Waals surface area contributed by atoms with Crippen LogP contribution in [0.2, 0.25) is 0 Å². The number of aryl methyl sites for hydroxylation is 1. The van der Waals surface area contributed by atoms with Gasteiger partial charge >= 0.3 is 0 Å². The molecule has 1 heterocycles. The Morgan fingerprint density at radius 1 is 0.923 bits per heavy atom. The number of benzene rings is 2. The number of pyridine rings is 1. The average Bonchev–Trinajstić information content (AvgIpc) is 2.72. The average molecular weight is 356 g/mol. The third-order valence-corrected chi connectivity index (χ3v) is 5.88. The molecule has 0 bridgehead atoms. The summed E-state index contributed by atoms with van der Waals surface area (Å²) in [6.45, 7) is 0. The fourth-order valence-corrected chi connectivity index (χ4v) is 4.54. The van der Waals surface area contributed by atoms with E-state index in [0.29, 0.717) is 0 Å². The molecule has 0 fully saturated rings. The van der Waals surface area contributed by atoms with Gasteiger partial charge in [0.25, 0.3) is 0 Å². The molecule has 0 amide bonds. The fourth-order valence-electron chi connectivity index (χ4n) is 3.58. The topological polar surface area (TPSA) is 36.7 Å². The van der Waals surface area contributed by atoms with Crippen LogP contribution in [0.15, 0.2) is 65.7 Å². The highest BCUT2D eigenvalue weighted by atomic mass is 32.2. The number of rotatable bonds is 4. The smallest absolute Gasteiger partial charge is 0.115 e. The lowest BCUT2D eigenvalue weighted by Crippen LogP contribution is -2.10. The van der Waals surface area contributed by atoms with Crippen molar-refractivity contribution in [3.63, 3.8) is 0 Å². The van der Waals surface area contributed by atoms with Gasteiger partial charge in [0, 0.05) is 17.0 Å². The normalized spacial score (nSPS) is 13.0. The molecule has 0 radical (unpaired) electrons. The molecule has 2 nitrogen and oxygen atoms in total. The van der Waals surface area contributed by atoms with E-state index in [2.05, 4.69) is 42.5 Å². The Bertz CT molecular complexity index is 943. The van der Waals surface area contributed by atoms with E-state index in [0.717, 1.165) is 40.3 Å². The Labute approximate surface area is 158 Å². The van der Waals surface area contributed by atoms with Crippen molar-refractivity contribution in [3.05, 3.63) is 83.0 Å². The Morgan fingerprint density at radius 3 is 2.35 bits per heavy atom. The van der Waals surface area contributed by atoms with Crippen LogP contribution in [0, 0.1) is 11.3 Å². The Kier molecular flexibility index (Phi) is 5.04. The van der Waals surface area contributed by atoms with Crippen molar-refractivity contribution in [2.24, 2.45) is 0 Å². The summed E-state index contributed by atoms with van der Waals surface area (Å²) in [6, 6.07) is 23.2. The van der Waals surface area contributed by atoms with Crippen LogP contribution in [-0.2, 0) is 18.6 Å². The van der Waals surface area contributed by atoms with E-state index in [4.69, 9.17) is 4.98 Å². The summed E-state index contributed by atoms with van der Waals surface area (Å²) in [5.41, 5.74) is 6.69. The zero-order chi connectivity index (χ0) is 17.8. The van der Waals surface area contributed by atoms with Crippen LogP contribution in [-0.4, -0.2) is 4.98 Å². The van der Waals surface area contributed by atoms with Gasteiger partial charge < -0.3 is 0 Å². The maximum absolute atomic E-state index is 9.96. The number of nitrogens with zero attached hydrogens (tertiary/aromatic N) is 2. The second-order valence-electron chi connectivity index (χ2n) is 6.55. The van der Waals surface area contributed by atoms with Gasteiger partial charge in [-0.1, -0.05) is 60.7 Å². The van der Waals surface area contributed by atoms with Crippen LogP contribution >= 0.6 is 11.8 Å². The monoisotopic (exact) mass is 356 g/mol. The van der Waals surface area contributed by atoms with Crippen molar-refractivity contribution in [1.29, 1.82) is 5.26 Å². The summed E-state index contributed by atoms with van der Waals surface area (Å²) >= 11 is 1.67. The van der Waals surface area contributed by atoms with Gasteiger partial charge in [0.05, 0.1) is 5.56 Å². The third-order valence-electron chi connectivity index (χ3n) is 4.83. The lowest BCUT2D eigenvalue weighted by molar-refractivity contribution is 0.661. The minimum absolute atomic E-state index is 0.734. The molecular weight excluding hydrogens is 336 g/mol. The molecule has 0 N–H and O–H groups in total. The molecule has 3 heteroatoms. The molecule has 0 spiro atoms. The van der Waals surface area contributed by atoms with Crippen molar-refractivity contribution < 1.29 is 0 Å². The molecule has 1 aliphatic carbocycles. The lowest BCUT2D eigenvalue weighted by Gasteiger charge is -2.22. The first kappa shape index (κ1) is 16.9. The van der Waals surface area contributed by atoms with Gasteiger partial charge in [-0.25, -0.2) is 4.98 Å². The van der Waals surface area contributed by atoms with E-state index in [1.54, 1.807) is 11.8 Å². The van der Waals surface area contributed by atoms with Gasteiger partial charge in [-0.3, -0.25) is 0 Å². The highest BCUT2D eigenvalue weighted by Crippen LogP contribution is 2.38. The highest BCUT2D eigenvalue weighted by Gasteiger charge is 2.23. The molecule has 128 valence electrons. The summed E-state index contributed by atoms with van der Waals surface area (Å²) in [6.07, 6.45) is 4.39. The van der Waals surface area contributed by atoms with Crippen molar-refractivity contribution in [2.45, 2.75) is 36.5 Å². The van der Waals surface area contributed by atoms with Gasteiger partial charge in [-0.05, 0) is 42.4 Å². The van der Waals surface area contributed by atoms with Crippen molar-refractivity contribution in [2.75, 3.05) is 0 Å². The van der Waals surface area contributed by atoms with Crippen LogP contribution in [0.4, 0.5) is 0 Å². The van der Waals surface area contributed by atoms with Gasteiger partial charge in [-0.15, -0.1) is 11.8 Å². The zero-order valence-corrected chi connectivity index (χ0v) is 15.4. The van der Waals surface area contributed by atoms with Gasteiger partial charge in [0.15, 0.2) is 0 Å². The number of hydrogen-bond donors (Lipinski definition) is 0. The SMILES string of the molecule is N#Cc1c(SCc2ccccc2)nc2c(c1-c1ccccc1)CCCC2. The molecule has 0 atom stereocenters. The Morgan fingerprint density at radius 2 is 1.62 bits per heavy atom. The second-order valence-corrected chi connectivity index (χ2v) is 7.52. The standard InChI is InChI=1S/C23H20N2S/c24-15-20-22(18-11-5-2-6-12-18)19-13-7-8-14-21(19)25-23(20)26-16-17-9-3-1-4-10-17/h1-6,9-12H,7-8,13-14,16H2. The van der Waals surface area contributed by atoms with Gasteiger partial charge in [-0.2, -0.15) is 5.26 Å². The van der Waals surface area contributed by atoms with Crippen molar-refractivity contribution in [1.82, 2.24) is 4.98 Å². The first-order valence-corrected chi connectivity index (χ1v) is 10.0. The molecule has 1 aromatic heterocycles. The molecule has 0 saturated carbocycles. The maximum atomic E-state index is 9.96. The number of nitriles is 1. The predicted octanol–water partition coefficient (Wildman–Crippen LogP) is 5.79. The van der Waals surface area contributed by atoms with Crippen molar-refractivity contribution in [3.8, 4) is 17.2 Å². The lowest BCUT2D eigenvalue weighted by atomic mass is 9.87. The van der Waals surface area contributed by atoms with Crippen molar-refractivity contribution >= 4 is 11.8 Å². The first-order valence-electron chi connectivity index (χ1n) is 9.05. The molecule has 0 unspecified atom stereocenters. The molecule has 1 aliphatic rings. The van der Waals surface area contributed by atoms with E-state index in [1.165, 1.54) is 29.7 Å². The minimum atomic E-state index is 0.734. The Hall–Kier alpha value is -2.57. The molecule has 4 rings (SSSR count). The minimum Gasteiger partial charge on any atom is -0.245 e. The number of fused-ring (bicyclic) bond motifs is 1. The molecular formula is C23H20N2S. The van der Waals surface area contributed by atoms with E-state index in [-0.39, 0.29) is 0 Å². The summed E-state index contributed by atoms with van der Waals surface area (Å²) in [4.78, 5) is 4.93. The summed E-state index contributed by atoms with van der Waals surface area (Å²) < 4.78 is 0. The first-order chi connectivity index (χ1) is 12.9. The van der Waals surface area contributed by atoms with Crippen LogP contribution in [0.25, 0.3) is 11.1 Å². The number of hydrogen-bond acceptors (Lipinski definition) is 3. The summed E-state index contributed by atoms with van der Waals surface area (Å²) in [7, 11) is 0. The summed E-state index contributed by atoms with van der Waals surface area (Å²) in [5.74, 6) is 0.829. The van der Waals surface area contributed by atoms with E-state index < -0.39 is 0 Å². The highest BCUT2D eigenvalue weighted by molar-refractivity contribution is 7.98. The molecule has 26 heavy (non-hydrogen) atoms. The van der Waals surface area contributed by atoms with Crippen LogP contribution in [0.5, 0.6) is 0 Å². The Balaban J connectivity index is 1.80. The maximum Gasteiger partial charge on any atom is 0.115 e. The number of aromatic nitrogens is 1. The van der Waals surface area contributed by atoms with Gasteiger partial charge in [0.1, 0.15) is 11.1 Å². The number of thioether (sulfide) groups is 1. The zero-order valence-electron chi connectivity index (χ0n) is 14.6. The van der Waals surface area contributed by atoms with E-state index in [9.17, 15) is 5.26 Å². The quantitative estimate of drug-likeness (QED) is 0.555. The molecule has 2 aromatic carbocycles. The van der Waals surface area contributed by atoms with Gasteiger partial charge in [0.2, 0.25) is 0 Å². The van der Waals surface area contributed by atoms with Crippen LogP contribution < -0.4 is 0 Å². The largest absolute Gasteiger partial charge is 0.245 e. The van der Waals surface area contributed by atoms with Crippen LogP contribution in [0.3, 0.4) is 0 Å². The summed E-state index contributed by atoms with van der Waals surface area (Å²) in [5, 5.41) is 10.8. The van der Waals surface area contributed by atoms with E-state index >= 15 is 0 Å². The molecule has 0 aliphatic heterocycles. The second kappa shape index (κ2) is 7.76.